The lowest BCUT2D eigenvalue weighted by molar-refractivity contribution is -0.0171. The topological polar surface area (TPSA) is 57.9 Å². The molecule has 2 N–H and O–H groups in total. The highest BCUT2D eigenvalue weighted by atomic mass is 19.1. The van der Waals surface area contributed by atoms with Gasteiger partial charge >= 0.3 is 0 Å². The number of aromatic nitrogens is 2. The number of allylic oxidation sites excluding steroid dienone is 2. The highest BCUT2D eigenvalue weighted by Gasteiger charge is 2.33. The van der Waals surface area contributed by atoms with E-state index in [0.29, 0.717) is 17.9 Å². The Bertz CT molecular complexity index is 815. The van der Waals surface area contributed by atoms with E-state index in [9.17, 15) is 9.18 Å². The highest BCUT2D eigenvalue weighted by Crippen LogP contribution is 2.34. The SMILES string of the molecule is CC(C)=CCC[C@H](C)C[C@@H]1Cc2[nH][nH]c(=O)c2[C@H](c2ccc(F)cc2)O1. The molecule has 3 atom stereocenters. The summed E-state index contributed by atoms with van der Waals surface area (Å²) >= 11 is 0. The number of hydrogen-bond acceptors (Lipinski definition) is 2. The standard InChI is InChI=1S/C21H27FN2O2/c1-13(2)5-4-6-14(3)11-17-12-18-19(21(25)24-23-18)20(26-17)15-7-9-16(22)10-8-15/h5,7-10,14,17,20H,4,6,11-12H2,1-3H3,(H2,23,24,25)/t14-,17+,20-/m0/s1. The van der Waals surface area contributed by atoms with Crippen LogP contribution in [0.5, 0.6) is 0 Å². The van der Waals surface area contributed by atoms with Crippen molar-refractivity contribution in [3.8, 4) is 0 Å². The number of hydrogen-bond donors (Lipinski definition) is 2. The maximum Gasteiger partial charge on any atom is 0.270 e. The molecule has 140 valence electrons. The Morgan fingerprint density at radius 1 is 1.31 bits per heavy atom. The highest BCUT2D eigenvalue weighted by molar-refractivity contribution is 5.33. The van der Waals surface area contributed by atoms with Crippen LogP contribution >= 0.6 is 0 Å². The average Bonchev–Trinajstić information content (AvgIpc) is 2.96. The third kappa shape index (κ3) is 4.33. The summed E-state index contributed by atoms with van der Waals surface area (Å²) in [5, 5.41) is 5.67. The summed E-state index contributed by atoms with van der Waals surface area (Å²) in [4.78, 5) is 12.2. The molecule has 1 aromatic heterocycles. The fraction of sp³-hybridized carbons (Fsp3) is 0.476. The number of ether oxygens (including phenoxy) is 1. The van der Waals surface area contributed by atoms with E-state index < -0.39 is 6.10 Å². The van der Waals surface area contributed by atoms with Crippen LogP contribution in [0, 0.1) is 11.7 Å². The van der Waals surface area contributed by atoms with Crippen molar-refractivity contribution in [1.82, 2.24) is 10.2 Å². The Hall–Kier alpha value is -2.14. The summed E-state index contributed by atoms with van der Waals surface area (Å²) in [6, 6.07) is 6.20. The second-order valence-corrected chi connectivity index (χ2v) is 7.56. The number of benzene rings is 1. The van der Waals surface area contributed by atoms with Gasteiger partial charge in [-0.15, -0.1) is 0 Å². The number of halogens is 1. The lowest BCUT2D eigenvalue weighted by atomic mass is 9.90. The number of fused-ring (bicyclic) bond motifs is 1. The van der Waals surface area contributed by atoms with E-state index in [2.05, 4.69) is 37.0 Å². The normalized spacial score (nSPS) is 20.5. The van der Waals surface area contributed by atoms with Crippen molar-refractivity contribution in [1.29, 1.82) is 0 Å². The van der Waals surface area contributed by atoms with Crippen LogP contribution in [0.4, 0.5) is 4.39 Å². The molecule has 0 radical (unpaired) electrons. The molecule has 5 heteroatoms. The third-order valence-electron chi connectivity index (χ3n) is 4.97. The predicted molar refractivity (Wildman–Crippen MR) is 101 cm³/mol. The van der Waals surface area contributed by atoms with Gasteiger partial charge in [-0.2, -0.15) is 0 Å². The van der Waals surface area contributed by atoms with Crippen molar-refractivity contribution in [2.45, 2.75) is 58.7 Å². The van der Waals surface area contributed by atoms with Gasteiger partial charge in [-0.1, -0.05) is 30.7 Å². The minimum absolute atomic E-state index is 0.0331. The summed E-state index contributed by atoms with van der Waals surface area (Å²) in [6.07, 6.45) is 5.66. The first-order chi connectivity index (χ1) is 12.4. The van der Waals surface area contributed by atoms with Crippen LogP contribution in [0.2, 0.25) is 0 Å². The maximum absolute atomic E-state index is 13.3. The fourth-order valence-electron chi connectivity index (χ4n) is 3.62. The number of H-pyrrole nitrogens is 2. The largest absolute Gasteiger partial charge is 0.365 e. The Balaban J connectivity index is 1.76. The van der Waals surface area contributed by atoms with Gasteiger partial charge in [0.25, 0.3) is 5.56 Å². The van der Waals surface area contributed by atoms with Gasteiger partial charge in [0.15, 0.2) is 0 Å². The van der Waals surface area contributed by atoms with Crippen molar-refractivity contribution in [2.75, 3.05) is 0 Å². The molecule has 0 unspecified atom stereocenters. The maximum atomic E-state index is 13.3. The zero-order valence-corrected chi connectivity index (χ0v) is 15.6. The van der Waals surface area contributed by atoms with Crippen LogP contribution in [0.25, 0.3) is 0 Å². The van der Waals surface area contributed by atoms with Crippen molar-refractivity contribution in [2.24, 2.45) is 5.92 Å². The van der Waals surface area contributed by atoms with Crippen molar-refractivity contribution in [3.05, 3.63) is 68.9 Å². The van der Waals surface area contributed by atoms with Crippen LogP contribution in [-0.2, 0) is 11.2 Å². The third-order valence-corrected chi connectivity index (χ3v) is 4.97. The molecule has 2 aromatic rings. The molecule has 0 spiro atoms. The van der Waals surface area contributed by atoms with Crippen LogP contribution in [0.15, 0.2) is 40.7 Å². The molecule has 3 rings (SSSR count). The Kier molecular flexibility index (Phi) is 5.77. The van der Waals surface area contributed by atoms with Gasteiger partial charge < -0.3 is 9.84 Å². The van der Waals surface area contributed by atoms with Gasteiger partial charge in [0.05, 0.1) is 11.7 Å². The zero-order chi connectivity index (χ0) is 18.7. The fourth-order valence-corrected chi connectivity index (χ4v) is 3.62. The van der Waals surface area contributed by atoms with E-state index in [1.807, 2.05) is 0 Å². The first-order valence-corrected chi connectivity index (χ1v) is 9.27. The van der Waals surface area contributed by atoms with Crippen LogP contribution in [0.1, 0.15) is 63.0 Å². The quantitative estimate of drug-likeness (QED) is 0.739. The van der Waals surface area contributed by atoms with Crippen LogP contribution in [0.3, 0.4) is 0 Å². The molecule has 0 fully saturated rings. The summed E-state index contributed by atoms with van der Waals surface area (Å²) < 4.78 is 19.6. The Morgan fingerprint density at radius 3 is 2.73 bits per heavy atom. The van der Waals surface area contributed by atoms with Gasteiger partial charge in [-0.3, -0.25) is 9.89 Å². The molecule has 1 aliphatic rings. The first kappa shape index (κ1) is 18.6. The van der Waals surface area contributed by atoms with Gasteiger partial charge in [-0.05, 0) is 56.7 Å². The van der Waals surface area contributed by atoms with Gasteiger partial charge in [-0.25, -0.2) is 4.39 Å². The van der Waals surface area contributed by atoms with E-state index in [-0.39, 0.29) is 17.5 Å². The van der Waals surface area contributed by atoms with Gasteiger partial charge in [0.2, 0.25) is 0 Å². The molecule has 0 aliphatic carbocycles. The van der Waals surface area contributed by atoms with Gasteiger partial charge in [0, 0.05) is 12.1 Å². The van der Waals surface area contributed by atoms with E-state index in [0.717, 1.165) is 30.5 Å². The molecule has 0 saturated carbocycles. The summed E-state index contributed by atoms with van der Waals surface area (Å²) in [5.74, 6) is 0.230. The lowest BCUT2D eigenvalue weighted by Crippen LogP contribution is -2.30. The van der Waals surface area contributed by atoms with E-state index in [1.54, 1.807) is 12.1 Å². The molecule has 1 aliphatic heterocycles. The van der Waals surface area contributed by atoms with Crippen molar-refractivity contribution in [3.63, 3.8) is 0 Å². The second-order valence-electron chi connectivity index (χ2n) is 7.56. The zero-order valence-electron chi connectivity index (χ0n) is 15.6. The molecule has 1 aromatic carbocycles. The van der Waals surface area contributed by atoms with E-state index >= 15 is 0 Å². The molecular formula is C21H27FN2O2. The molecule has 26 heavy (non-hydrogen) atoms. The Morgan fingerprint density at radius 2 is 2.04 bits per heavy atom. The van der Waals surface area contributed by atoms with E-state index in [4.69, 9.17) is 4.74 Å². The summed E-state index contributed by atoms with van der Waals surface area (Å²) in [7, 11) is 0. The van der Waals surface area contributed by atoms with Gasteiger partial charge in [0.1, 0.15) is 11.9 Å². The number of rotatable bonds is 6. The summed E-state index contributed by atoms with van der Waals surface area (Å²) in [5.41, 5.74) is 3.50. The molecular weight excluding hydrogens is 331 g/mol. The smallest absolute Gasteiger partial charge is 0.270 e. The predicted octanol–water partition coefficient (Wildman–Crippen LogP) is 4.65. The second kappa shape index (κ2) is 8.04. The molecule has 4 nitrogen and oxygen atoms in total. The van der Waals surface area contributed by atoms with Crippen LogP contribution in [-0.4, -0.2) is 16.3 Å². The minimum atomic E-state index is -0.454. The molecule has 2 heterocycles. The van der Waals surface area contributed by atoms with E-state index in [1.165, 1.54) is 17.7 Å². The average molecular weight is 358 g/mol. The van der Waals surface area contributed by atoms with Crippen LogP contribution < -0.4 is 5.56 Å². The Labute approximate surface area is 153 Å². The lowest BCUT2D eigenvalue weighted by Gasteiger charge is -2.31. The molecule has 0 bridgehead atoms. The minimum Gasteiger partial charge on any atom is -0.365 e. The number of aromatic amines is 2. The monoisotopic (exact) mass is 358 g/mol. The van der Waals surface area contributed by atoms with Crippen molar-refractivity contribution >= 4 is 0 Å². The molecule has 0 saturated heterocycles. The summed E-state index contributed by atoms with van der Waals surface area (Å²) in [6.45, 7) is 6.47. The first-order valence-electron chi connectivity index (χ1n) is 9.27. The number of nitrogens with one attached hydrogen (secondary N) is 2. The molecule has 0 amide bonds. The van der Waals surface area contributed by atoms with Crippen molar-refractivity contribution < 1.29 is 9.13 Å².